The van der Waals surface area contributed by atoms with Crippen LogP contribution in [-0.2, 0) is 6.54 Å². The van der Waals surface area contributed by atoms with Crippen LogP contribution in [0.4, 0.5) is 0 Å². The van der Waals surface area contributed by atoms with Crippen molar-refractivity contribution in [2.24, 2.45) is 0 Å². The van der Waals surface area contributed by atoms with Crippen LogP contribution in [0.15, 0.2) is 30.3 Å². The zero-order valence-corrected chi connectivity index (χ0v) is 12.7. The molecule has 0 N–H and O–H groups in total. The molecule has 0 unspecified atom stereocenters. The van der Waals surface area contributed by atoms with Gasteiger partial charge in [-0.1, -0.05) is 6.07 Å². The van der Waals surface area contributed by atoms with E-state index < -0.39 is 0 Å². The molecule has 1 aromatic carbocycles. The summed E-state index contributed by atoms with van der Waals surface area (Å²) in [6.45, 7) is 7.41. The quantitative estimate of drug-likeness (QED) is 0.861. The van der Waals surface area contributed by atoms with Gasteiger partial charge in [0.05, 0.1) is 5.69 Å². The third-order valence-corrected chi connectivity index (χ3v) is 3.71. The summed E-state index contributed by atoms with van der Waals surface area (Å²) in [5, 5.41) is 8.07. The highest BCUT2D eigenvalue weighted by atomic mass is 16.5. The maximum atomic E-state index is 5.83. The fourth-order valence-electron chi connectivity index (χ4n) is 2.74. The average molecular weight is 283 g/mol. The Kier molecular flexibility index (Phi) is 4.15. The molecule has 110 valence electrons. The summed E-state index contributed by atoms with van der Waals surface area (Å²) >= 11 is 0. The van der Waals surface area contributed by atoms with Crippen molar-refractivity contribution in [3.63, 3.8) is 0 Å². The van der Waals surface area contributed by atoms with E-state index in [9.17, 15) is 0 Å². The predicted molar refractivity (Wildman–Crippen MR) is 82.5 cm³/mol. The van der Waals surface area contributed by atoms with Crippen molar-refractivity contribution in [3.8, 4) is 11.6 Å². The van der Waals surface area contributed by atoms with E-state index in [0.29, 0.717) is 5.88 Å². The second-order valence-electron chi connectivity index (χ2n) is 5.75. The van der Waals surface area contributed by atoms with E-state index in [0.717, 1.165) is 18.0 Å². The maximum absolute atomic E-state index is 5.83. The van der Waals surface area contributed by atoms with Crippen LogP contribution in [0.3, 0.4) is 0 Å². The van der Waals surface area contributed by atoms with Crippen LogP contribution >= 0.6 is 0 Å². The summed E-state index contributed by atoms with van der Waals surface area (Å²) in [5.74, 6) is 1.38. The lowest BCUT2D eigenvalue weighted by atomic mass is 10.1. The van der Waals surface area contributed by atoms with Gasteiger partial charge in [-0.05, 0) is 69.1 Å². The number of aromatic nitrogens is 2. The van der Waals surface area contributed by atoms with Crippen molar-refractivity contribution in [2.45, 2.75) is 33.2 Å². The Morgan fingerprint density at radius 3 is 2.57 bits per heavy atom. The average Bonchev–Trinajstić information content (AvgIpc) is 2.93. The highest BCUT2D eigenvalue weighted by Crippen LogP contribution is 2.23. The molecule has 1 saturated heterocycles. The Balaban J connectivity index is 1.75. The van der Waals surface area contributed by atoms with Crippen LogP contribution in [0, 0.1) is 13.8 Å². The number of rotatable bonds is 4. The molecular formula is C17H21N3O. The minimum absolute atomic E-state index is 0.540. The highest BCUT2D eigenvalue weighted by molar-refractivity contribution is 5.36. The van der Waals surface area contributed by atoms with Crippen molar-refractivity contribution < 1.29 is 4.74 Å². The molecule has 2 aromatic rings. The first-order chi connectivity index (χ1) is 10.2. The zero-order chi connectivity index (χ0) is 14.7. The summed E-state index contributed by atoms with van der Waals surface area (Å²) in [5.41, 5.74) is 3.40. The number of aryl methyl sites for hydroxylation is 2. The molecule has 0 radical (unpaired) electrons. The molecule has 0 amide bonds. The molecule has 1 aliphatic rings. The van der Waals surface area contributed by atoms with Crippen LogP contribution < -0.4 is 4.74 Å². The first-order valence-electron chi connectivity index (χ1n) is 7.50. The number of hydrogen-bond acceptors (Lipinski definition) is 4. The van der Waals surface area contributed by atoms with Crippen LogP contribution in [0.5, 0.6) is 11.6 Å². The molecule has 0 atom stereocenters. The Morgan fingerprint density at radius 2 is 1.86 bits per heavy atom. The first kappa shape index (κ1) is 14.0. The molecule has 0 bridgehead atoms. The van der Waals surface area contributed by atoms with Gasteiger partial charge in [0.1, 0.15) is 5.75 Å². The van der Waals surface area contributed by atoms with Gasteiger partial charge in [-0.2, -0.15) is 5.10 Å². The second kappa shape index (κ2) is 6.22. The third kappa shape index (κ3) is 3.79. The van der Waals surface area contributed by atoms with Crippen LogP contribution in [-0.4, -0.2) is 28.2 Å². The molecule has 4 heteroatoms. The van der Waals surface area contributed by atoms with E-state index >= 15 is 0 Å². The van der Waals surface area contributed by atoms with E-state index in [2.05, 4.69) is 34.2 Å². The highest BCUT2D eigenvalue weighted by Gasteiger charge is 2.12. The van der Waals surface area contributed by atoms with Gasteiger partial charge in [-0.3, -0.25) is 4.90 Å². The fraction of sp³-hybridized carbons (Fsp3) is 0.412. The van der Waals surface area contributed by atoms with Gasteiger partial charge in [0, 0.05) is 12.6 Å². The largest absolute Gasteiger partial charge is 0.438 e. The summed E-state index contributed by atoms with van der Waals surface area (Å²) < 4.78 is 5.83. The van der Waals surface area contributed by atoms with Crippen molar-refractivity contribution in [2.75, 3.05) is 13.1 Å². The molecule has 21 heavy (non-hydrogen) atoms. The van der Waals surface area contributed by atoms with Gasteiger partial charge in [-0.25, -0.2) is 0 Å². The van der Waals surface area contributed by atoms with Gasteiger partial charge < -0.3 is 4.74 Å². The maximum Gasteiger partial charge on any atom is 0.238 e. The van der Waals surface area contributed by atoms with Gasteiger partial charge in [-0.15, -0.1) is 5.10 Å². The first-order valence-corrected chi connectivity index (χ1v) is 7.50. The summed E-state index contributed by atoms with van der Waals surface area (Å²) in [7, 11) is 0. The number of ether oxygens (including phenoxy) is 1. The smallest absolute Gasteiger partial charge is 0.238 e. The van der Waals surface area contributed by atoms with Gasteiger partial charge in [0.15, 0.2) is 0 Å². The Labute approximate surface area is 125 Å². The number of likely N-dealkylation sites (tertiary alicyclic amines) is 1. The zero-order valence-electron chi connectivity index (χ0n) is 12.7. The molecular weight excluding hydrogens is 262 g/mol. The normalized spacial score (nSPS) is 15.3. The molecule has 1 fully saturated rings. The number of hydrogen-bond donors (Lipinski definition) is 0. The van der Waals surface area contributed by atoms with E-state index in [-0.39, 0.29) is 0 Å². The summed E-state index contributed by atoms with van der Waals surface area (Å²) in [6, 6.07) is 10.1. The molecule has 1 aliphatic heterocycles. The van der Waals surface area contributed by atoms with Gasteiger partial charge in [0.25, 0.3) is 0 Å². The molecule has 3 rings (SSSR count). The minimum Gasteiger partial charge on any atom is -0.438 e. The van der Waals surface area contributed by atoms with Crippen LogP contribution in [0.1, 0.15) is 29.7 Å². The minimum atomic E-state index is 0.540. The number of nitrogens with zero attached hydrogens (tertiary/aromatic N) is 3. The Bertz CT molecular complexity index is 604. The summed E-state index contributed by atoms with van der Waals surface area (Å²) in [4.78, 5) is 2.49. The van der Waals surface area contributed by atoms with E-state index in [1.165, 1.54) is 37.1 Å². The van der Waals surface area contributed by atoms with E-state index in [1.54, 1.807) is 0 Å². The molecule has 0 aliphatic carbocycles. The van der Waals surface area contributed by atoms with Crippen molar-refractivity contribution in [3.05, 3.63) is 47.2 Å². The third-order valence-electron chi connectivity index (χ3n) is 3.71. The molecule has 4 nitrogen and oxygen atoms in total. The Hall–Kier alpha value is -1.94. The standard InChI is InChI=1S/C17H21N3O/c1-13-9-15(12-20-7-3-4-8-20)11-16(10-13)21-17-6-5-14(2)18-19-17/h5-6,9-11H,3-4,7-8,12H2,1-2H3. The monoisotopic (exact) mass is 283 g/mol. The summed E-state index contributed by atoms with van der Waals surface area (Å²) in [6.07, 6.45) is 2.63. The fourth-order valence-corrected chi connectivity index (χ4v) is 2.74. The molecule has 2 heterocycles. The van der Waals surface area contributed by atoms with Crippen molar-refractivity contribution in [1.29, 1.82) is 0 Å². The topological polar surface area (TPSA) is 38.2 Å². The molecule has 0 saturated carbocycles. The van der Waals surface area contributed by atoms with Gasteiger partial charge >= 0.3 is 0 Å². The lowest BCUT2D eigenvalue weighted by Gasteiger charge is -2.16. The molecule has 0 spiro atoms. The van der Waals surface area contributed by atoms with Crippen LogP contribution in [0.2, 0.25) is 0 Å². The van der Waals surface area contributed by atoms with Gasteiger partial charge in [0.2, 0.25) is 5.88 Å². The Morgan fingerprint density at radius 1 is 1.05 bits per heavy atom. The van der Waals surface area contributed by atoms with E-state index in [4.69, 9.17) is 4.74 Å². The van der Waals surface area contributed by atoms with Crippen LogP contribution in [0.25, 0.3) is 0 Å². The van der Waals surface area contributed by atoms with E-state index in [1.807, 2.05) is 25.1 Å². The lowest BCUT2D eigenvalue weighted by molar-refractivity contribution is 0.330. The van der Waals surface area contributed by atoms with Crippen molar-refractivity contribution in [1.82, 2.24) is 15.1 Å². The SMILES string of the molecule is Cc1cc(CN2CCCC2)cc(Oc2ccc(C)nn2)c1. The molecule has 1 aromatic heterocycles. The predicted octanol–water partition coefficient (Wildman–Crippen LogP) is 3.48. The number of benzene rings is 1. The lowest BCUT2D eigenvalue weighted by Crippen LogP contribution is -2.18. The van der Waals surface area contributed by atoms with Crippen molar-refractivity contribution >= 4 is 0 Å². The second-order valence-corrected chi connectivity index (χ2v) is 5.75.